The van der Waals surface area contributed by atoms with Crippen LogP contribution >= 0.6 is 0 Å². The van der Waals surface area contributed by atoms with E-state index in [1.807, 2.05) is 38.2 Å². The van der Waals surface area contributed by atoms with Crippen molar-refractivity contribution >= 4 is 16.8 Å². The molecule has 2 aliphatic carbocycles. The van der Waals surface area contributed by atoms with E-state index in [0.29, 0.717) is 31.6 Å². The first-order chi connectivity index (χ1) is 13.8. The normalized spacial score (nSPS) is 31.6. The number of carbonyl (C=O) groups excluding carboxylic acids is 1. The number of H-pyrrole nitrogens is 1. The van der Waals surface area contributed by atoms with E-state index in [-0.39, 0.29) is 30.0 Å². The number of hydrogen-bond acceptors (Lipinski definition) is 2. The average molecular weight is 399 g/mol. The minimum Gasteiger partial charge on any atom is -0.490 e. The maximum Gasteiger partial charge on any atom is 0.223 e. The number of ether oxygens (including phenoxy) is 1. The number of halogens is 1. The third-order valence-corrected chi connectivity index (χ3v) is 7.22. The van der Waals surface area contributed by atoms with Crippen molar-refractivity contribution < 1.29 is 13.9 Å². The summed E-state index contributed by atoms with van der Waals surface area (Å²) in [5.41, 5.74) is 1.14. The molecule has 2 aromatic rings. The Kier molecular flexibility index (Phi) is 4.41. The summed E-state index contributed by atoms with van der Waals surface area (Å²) >= 11 is 0. The molecule has 2 saturated heterocycles. The molecule has 5 heteroatoms. The predicted molar refractivity (Wildman–Crippen MR) is 112 cm³/mol. The second kappa shape index (κ2) is 6.75. The summed E-state index contributed by atoms with van der Waals surface area (Å²) < 4.78 is 21.0. The molecule has 1 aromatic heterocycles. The number of benzene rings is 1. The fraction of sp³-hybridized carbons (Fsp3) is 0.625. The largest absolute Gasteiger partial charge is 0.490 e. The molecule has 4 bridgehead atoms. The van der Waals surface area contributed by atoms with Crippen molar-refractivity contribution in [1.82, 2.24) is 9.88 Å². The van der Waals surface area contributed by atoms with Gasteiger partial charge in [-0.1, -0.05) is 13.0 Å². The summed E-state index contributed by atoms with van der Waals surface area (Å²) in [7, 11) is 0. The highest BCUT2D eigenvalue weighted by atomic mass is 19.1. The van der Waals surface area contributed by atoms with Gasteiger partial charge in [0.15, 0.2) is 0 Å². The third kappa shape index (κ3) is 3.23. The number of alkyl halides is 1. The standard InChI is InChI=1S/C24H31FN2O2/c1-14(2)29-21-6-4-5-20-23(21)19(13-26-20)15(3)7-22(28)27-17-8-16-9-18(27)12-24(25,10-16)11-17/h4-6,13-18,26H,7-12H2,1-3H3. The number of nitrogens with zero attached hydrogens (tertiary/aromatic N) is 1. The molecule has 1 amide bonds. The van der Waals surface area contributed by atoms with Crippen LogP contribution in [0.25, 0.3) is 10.9 Å². The highest BCUT2D eigenvalue weighted by Crippen LogP contribution is 2.53. The highest BCUT2D eigenvalue weighted by molar-refractivity contribution is 5.90. The van der Waals surface area contributed by atoms with Gasteiger partial charge < -0.3 is 14.6 Å². The molecule has 0 spiro atoms. The van der Waals surface area contributed by atoms with Gasteiger partial charge >= 0.3 is 0 Å². The topological polar surface area (TPSA) is 45.3 Å². The van der Waals surface area contributed by atoms with Crippen LogP contribution in [0.1, 0.15) is 70.8 Å². The molecule has 2 saturated carbocycles. The Balaban J connectivity index is 1.37. The quantitative estimate of drug-likeness (QED) is 0.740. The van der Waals surface area contributed by atoms with Crippen molar-refractivity contribution in [3.63, 3.8) is 0 Å². The zero-order valence-corrected chi connectivity index (χ0v) is 17.6. The molecule has 3 heterocycles. The van der Waals surface area contributed by atoms with Crippen LogP contribution in [0.4, 0.5) is 4.39 Å². The van der Waals surface area contributed by atoms with Crippen LogP contribution in [0.5, 0.6) is 5.75 Å². The Morgan fingerprint density at radius 3 is 2.62 bits per heavy atom. The predicted octanol–water partition coefficient (Wildman–Crippen LogP) is 5.33. The van der Waals surface area contributed by atoms with Gasteiger partial charge in [-0.15, -0.1) is 0 Å². The molecule has 3 unspecified atom stereocenters. The zero-order chi connectivity index (χ0) is 20.3. The Bertz CT molecular complexity index is 920. The smallest absolute Gasteiger partial charge is 0.223 e. The molecule has 2 aliphatic heterocycles. The number of amides is 1. The molecule has 4 aliphatic rings. The molecule has 4 fully saturated rings. The Morgan fingerprint density at radius 1 is 1.24 bits per heavy atom. The molecule has 1 N–H and O–H groups in total. The lowest BCUT2D eigenvalue weighted by Gasteiger charge is -2.58. The monoisotopic (exact) mass is 398 g/mol. The summed E-state index contributed by atoms with van der Waals surface area (Å²) in [6.07, 6.45) is 6.33. The van der Waals surface area contributed by atoms with Gasteiger partial charge in [0.2, 0.25) is 5.91 Å². The van der Waals surface area contributed by atoms with E-state index in [4.69, 9.17) is 4.74 Å². The number of nitrogens with one attached hydrogen (secondary N) is 1. The van der Waals surface area contributed by atoms with Gasteiger partial charge in [0.1, 0.15) is 11.4 Å². The van der Waals surface area contributed by atoms with E-state index in [0.717, 1.165) is 35.1 Å². The van der Waals surface area contributed by atoms with Crippen LogP contribution in [0.3, 0.4) is 0 Å². The van der Waals surface area contributed by atoms with Gasteiger partial charge in [-0.05, 0) is 62.6 Å². The van der Waals surface area contributed by atoms with Crippen LogP contribution in [0.15, 0.2) is 24.4 Å². The van der Waals surface area contributed by atoms with Crippen molar-refractivity contribution in [3.8, 4) is 5.75 Å². The van der Waals surface area contributed by atoms with Gasteiger partial charge in [-0.3, -0.25) is 4.79 Å². The maximum atomic E-state index is 15.0. The van der Waals surface area contributed by atoms with Crippen LogP contribution in [-0.4, -0.2) is 39.6 Å². The van der Waals surface area contributed by atoms with Crippen molar-refractivity contribution in [2.75, 3.05) is 0 Å². The molecule has 6 rings (SSSR count). The van der Waals surface area contributed by atoms with Crippen LogP contribution in [0, 0.1) is 5.92 Å². The number of aromatic amines is 1. The maximum absolute atomic E-state index is 15.0. The van der Waals surface area contributed by atoms with Crippen molar-refractivity contribution in [2.45, 2.75) is 89.1 Å². The SMILES string of the molecule is CC(C)Oc1cccc2[nH]cc(C(C)CC(=O)N3C4CC5CC3CC(F)(C5)C4)c12. The lowest BCUT2D eigenvalue weighted by atomic mass is 9.62. The summed E-state index contributed by atoms with van der Waals surface area (Å²) in [5, 5.41) is 1.07. The number of carbonyl (C=O) groups is 1. The van der Waals surface area contributed by atoms with E-state index < -0.39 is 5.67 Å². The van der Waals surface area contributed by atoms with E-state index >= 15 is 0 Å². The number of piperidine rings is 2. The lowest BCUT2D eigenvalue weighted by Crippen LogP contribution is -2.64. The second-order valence-electron chi connectivity index (χ2n) is 9.90. The summed E-state index contributed by atoms with van der Waals surface area (Å²) in [6.45, 7) is 6.16. The zero-order valence-electron chi connectivity index (χ0n) is 17.6. The third-order valence-electron chi connectivity index (χ3n) is 7.22. The number of aromatic nitrogens is 1. The van der Waals surface area contributed by atoms with E-state index in [1.54, 1.807) is 0 Å². The fourth-order valence-corrected chi connectivity index (χ4v) is 6.34. The second-order valence-corrected chi connectivity index (χ2v) is 9.90. The van der Waals surface area contributed by atoms with Gasteiger partial charge in [0, 0.05) is 48.4 Å². The summed E-state index contributed by atoms with van der Waals surface area (Å²) in [4.78, 5) is 18.7. The fourth-order valence-electron chi connectivity index (χ4n) is 6.34. The summed E-state index contributed by atoms with van der Waals surface area (Å²) in [5.74, 6) is 1.60. The lowest BCUT2D eigenvalue weighted by molar-refractivity contribution is -0.160. The van der Waals surface area contributed by atoms with Crippen LogP contribution in [-0.2, 0) is 4.79 Å². The van der Waals surface area contributed by atoms with Crippen molar-refractivity contribution in [2.24, 2.45) is 5.92 Å². The first-order valence-electron chi connectivity index (χ1n) is 11.1. The molecule has 4 nitrogen and oxygen atoms in total. The first-order valence-corrected chi connectivity index (χ1v) is 11.1. The summed E-state index contributed by atoms with van der Waals surface area (Å²) in [6, 6.07) is 6.24. The molecule has 0 radical (unpaired) electrons. The van der Waals surface area contributed by atoms with E-state index in [9.17, 15) is 9.18 Å². The molecular formula is C24H31FN2O2. The number of rotatable bonds is 5. The van der Waals surface area contributed by atoms with Gasteiger partial charge in [0.25, 0.3) is 0 Å². The molecule has 3 atom stereocenters. The van der Waals surface area contributed by atoms with Gasteiger partial charge in [0.05, 0.1) is 6.10 Å². The minimum absolute atomic E-state index is 0.0738. The number of hydrogen-bond donors (Lipinski definition) is 1. The minimum atomic E-state index is -1.02. The Morgan fingerprint density at radius 2 is 1.97 bits per heavy atom. The van der Waals surface area contributed by atoms with Crippen LogP contribution in [0.2, 0.25) is 0 Å². The van der Waals surface area contributed by atoms with Gasteiger partial charge in [-0.2, -0.15) is 0 Å². The molecule has 1 aromatic carbocycles. The average Bonchev–Trinajstić information content (AvgIpc) is 3.04. The van der Waals surface area contributed by atoms with E-state index in [2.05, 4.69) is 16.8 Å². The highest BCUT2D eigenvalue weighted by Gasteiger charge is 2.56. The Hall–Kier alpha value is -2.04. The number of fused-ring (bicyclic) bond motifs is 1. The Labute approximate surface area is 171 Å². The molecule has 156 valence electrons. The van der Waals surface area contributed by atoms with E-state index in [1.165, 1.54) is 0 Å². The molecule has 29 heavy (non-hydrogen) atoms. The molecular weight excluding hydrogens is 367 g/mol. The van der Waals surface area contributed by atoms with Crippen LogP contribution < -0.4 is 4.74 Å². The first kappa shape index (κ1) is 19.0. The van der Waals surface area contributed by atoms with Crippen molar-refractivity contribution in [1.29, 1.82) is 0 Å². The van der Waals surface area contributed by atoms with Gasteiger partial charge in [-0.25, -0.2) is 4.39 Å². The van der Waals surface area contributed by atoms with Crippen molar-refractivity contribution in [3.05, 3.63) is 30.0 Å².